The van der Waals surface area contributed by atoms with Crippen molar-refractivity contribution in [2.75, 3.05) is 13.1 Å². The van der Waals surface area contributed by atoms with E-state index in [-0.39, 0.29) is 26.1 Å². The largest absolute Gasteiger partial charge is 0.445 e. The van der Waals surface area contributed by atoms with Gasteiger partial charge in [-0.3, -0.25) is 0 Å². The molecule has 0 aliphatic carbocycles. The van der Waals surface area contributed by atoms with Gasteiger partial charge in [0.1, 0.15) is 18.4 Å². The fourth-order valence-corrected chi connectivity index (χ4v) is 2.47. The van der Waals surface area contributed by atoms with E-state index in [4.69, 9.17) is 9.47 Å². The highest BCUT2D eigenvalue weighted by Crippen LogP contribution is 2.18. The number of hydrogen-bond donors (Lipinski definition) is 1. The molecule has 2 amide bonds. The molecule has 0 radical (unpaired) electrons. The summed E-state index contributed by atoms with van der Waals surface area (Å²) in [5, 5.41) is 2.50. The highest BCUT2D eigenvalue weighted by Gasteiger charge is 2.34. The highest BCUT2D eigenvalue weighted by atomic mass is 19.1. The summed E-state index contributed by atoms with van der Waals surface area (Å²) in [6.45, 7) is 5.71. The lowest BCUT2D eigenvalue weighted by molar-refractivity contribution is 0.0108. The first-order chi connectivity index (χ1) is 11.7. The van der Waals surface area contributed by atoms with Crippen molar-refractivity contribution in [3.63, 3.8) is 0 Å². The van der Waals surface area contributed by atoms with Crippen molar-refractivity contribution in [2.24, 2.45) is 0 Å². The number of halogens is 1. The van der Waals surface area contributed by atoms with Gasteiger partial charge in [-0.25, -0.2) is 14.0 Å². The Morgan fingerprint density at radius 2 is 1.96 bits per heavy atom. The Bertz CT molecular complexity index is 588. The Morgan fingerprint density at radius 1 is 1.28 bits per heavy atom. The van der Waals surface area contributed by atoms with Gasteiger partial charge < -0.3 is 19.7 Å². The Morgan fingerprint density at radius 3 is 2.60 bits per heavy atom. The number of alkyl halides is 1. The number of carbonyl (C=O) groups is 2. The van der Waals surface area contributed by atoms with Crippen LogP contribution in [0.15, 0.2) is 30.3 Å². The lowest BCUT2D eigenvalue weighted by Crippen LogP contribution is -2.55. The standard InChI is InChI=1S/C18H25FN2O4/c1-18(2,3)25-17(23)21-10-9-14(19)15(11-21)20-16(22)24-12-13-7-5-4-6-8-13/h4-8,14-15H,9-12H2,1-3H3,(H,20,22). The number of amides is 2. The third-order valence-corrected chi connectivity index (χ3v) is 3.70. The van der Waals surface area contributed by atoms with Gasteiger partial charge in [0.2, 0.25) is 0 Å². The number of benzene rings is 1. The molecule has 25 heavy (non-hydrogen) atoms. The first-order valence-electron chi connectivity index (χ1n) is 8.34. The number of likely N-dealkylation sites (tertiary alicyclic amines) is 1. The second-order valence-electron chi connectivity index (χ2n) is 7.04. The molecule has 0 aromatic heterocycles. The van der Waals surface area contributed by atoms with Crippen LogP contribution in [-0.2, 0) is 16.1 Å². The number of hydrogen-bond acceptors (Lipinski definition) is 4. The van der Waals surface area contributed by atoms with Gasteiger partial charge in [0.05, 0.1) is 6.04 Å². The van der Waals surface area contributed by atoms with Gasteiger partial charge >= 0.3 is 12.2 Å². The quantitative estimate of drug-likeness (QED) is 0.907. The van der Waals surface area contributed by atoms with Gasteiger partial charge in [0.25, 0.3) is 0 Å². The van der Waals surface area contributed by atoms with Crippen LogP contribution in [0, 0.1) is 0 Å². The summed E-state index contributed by atoms with van der Waals surface area (Å²) >= 11 is 0. The summed E-state index contributed by atoms with van der Waals surface area (Å²) in [6.07, 6.45) is -2.31. The summed E-state index contributed by atoms with van der Waals surface area (Å²) in [4.78, 5) is 25.4. The number of carbonyl (C=O) groups excluding carboxylic acids is 2. The average molecular weight is 352 g/mol. The molecule has 1 aromatic carbocycles. The highest BCUT2D eigenvalue weighted by molar-refractivity contribution is 5.70. The zero-order chi connectivity index (χ0) is 18.4. The zero-order valence-corrected chi connectivity index (χ0v) is 14.8. The maximum absolute atomic E-state index is 14.1. The van der Waals surface area contributed by atoms with Crippen LogP contribution in [0.3, 0.4) is 0 Å². The van der Waals surface area contributed by atoms with E-state index in [1.165, 1.54) is 4.90 Å². The molecule has 1 aliphatic heterocycles. The molecule has 1 N–H and O–H groups in total. The van der Waals surface area contributed by atoms with E-state index in [0.29, 0.717) is 0 Å². The second kappa shape index (κ2) is 8.18. The van der Waals surface area contributed by atoms with E-state index < -0.39 is 30.0 Å². The van der Waals surface area contributed by atoms with Gasteiger partial charge in [-0.15, -0.1) is 0 Å². The molecule has 1 saturated heterocycles. The number of nitrogens with zero attached hydrogens (tertiary/aromatic N) is 1. The summed E-state index contributed by atoms with van der Waals surface area (Å²) in [7, 11) is 0. The van der Waals surface area contributed by atoms with Gasteiger partial charge in [0, 0.05) is 13.1 Å². The third-order valence-electron chi connectivity index (χ3n) is 3.70. The van der Waals surface area contributed by atoms with E-state index in [1.54, 1.807) is 20.8 Å². The Balaban J connectivity index is 1.84. The lowest BCUT2D eigenvalue weighted by atomic mass is 10.0. The molecule has 2 rings (SSSR count). The van der Waals surface area contributed by atoms with Crippen molar-refractivity contribution >= 4 is 12.2 Å². The molecular formula is C18H25FN2O4. The first kappa shape index (κ1) is 19.0. The van der Waals surface area contributed by atoms with Gasteiger partial charge in [0.15, 0.2) is 0 Å². The van der Waals surface area contributed by atoms with Crippen LogP contribution in [0.4, 0.5) is 14.0 Å². The van der Waals surface area contributed by atoms with Crippen LogP contribution < -0.4 is 5.32 Å². The molecule has 2 atom stereocenters. The molecule has 1 aliphatic rings. The maximum atomic E-state index is 14.1. The van der Waals surface area contributed by atoms with Crippen LogP contribution in [0.2, 0.25) is 0 Å². The average Bonchev–Trinajstić information content (AvgIpc) is 2.54. The number of rotatable bonds is 3. The summed E-state index contributed by atoms with van der Waals surface area (Å²) in [6, 6.07) is 8.39. The van der Waals surface area contributed by atoms with Crippen molar-refractivity contribution in [2.45, 2.75) is 51.6 Å². The SMILES string of the molecule is CC(C)(C)OC(=O)N1CCC(F)C(NC(=O)OCc2ccccc2)C1. The molecule has 6 nitrogen and oxygen atoms in total. The smallest absolute Gasteiger partial charge is 0.410 e. The molecule has 1 heterocycles. The van der Waals surface area contributed by atoms with Crippen molar-refractivity contribution in [3.05, 3.63) is 35.9 Å². The molecule has 0 saturated carbocycles. The normalized spacial score (nSPS) is 20.7. The molecule has 1 fully saturated rings. The Kier molecular flexibility index (Phi) is 6.22. The second-order valence-corrected chi connectivity index (χ2v) is 7.04. The summed E-state index contributed by atoms with van der Waals surface area (Å²) in [5.41, 5.74) is 0.217. The number of alkyl carbamates (subject to hydrolysis) is 1. The van der Waals surface area contributed by atoms with Crippen molar-refractivity contribution < 1.29 is 23.5 Å². The monoisotopic (exact) mass is 352 g/mol. The maximum Gasteiger partial charge on any atom is 0.410 e. The molecular weight excluding hydrogens is 327 g/mol. The van der Waals surface area contributed by atoms with Crippen molar-refractivity contribution in [3.8, 4) is 0 Å². The number of ether oxygens (including phenoxy) is 2. The minimum Gasteiger partial charge on any atom is -0.445 e. The van der Waals surface area contributed by atoms with Crippen LogP contribution in [0.5, 0.6) is 0 Å². The molecule has 0 spiro atoms. The third kappa shape index (κ3) is 6.25. The number of piperidine rings is 1. The van der Waals surface area contributed by atoms with Crippen molar-refractivity contribution in [1.82, 2.24) is 10.2 Å². The van der Waals surface area contributed by atoms with E-state index >= 15 is 0 Å². The minimum absolute atomic E-state index is 0.0521. The van der Waals surface area contributed by atoms with Gasteiger partial charge in [-0.1, -0.05) is 30.3 Å². The predicted molar refractivity (Wildman–Crippen MR) is 90.9 cm³/mol. The van der Waals surface area contributed by atoms with Gasteiger partial charge in [-0.05, 0) is 32.8 Å². The van der Waals surface area contributed by atoms with Crippen LogP contribution >= 0.6 is 0 Å². The molecule has 138 valence electrons. The first-order valence-corrected chi connectivity index (χ1v) is 8.34. The molecule has 1 aromatic rings. The summed E-state index contributed by atoms with van der Waals surface area (Å²) < 4.78 is 24.5. The Hall–Kier alpha value is -2.31. The number of nitrogens with one attached hydrogen (secondary N) is 1. The molecule has 2 unspecified atom stereocenters. The van der Waals surface area contributed by atoms with E-state index in [9.17, 15) is 14.0 Å². The van der Waals surface area contributed by atoms with Crippen LogP contribution in [-0.4, -0.2) is 48.0 Å². The molecule has 0 bridgehead atoms. The predicted octanol–water partition coefficient (Wildman–Crippen LogP) is 3.26. The Labute approximate surface area is 147 Å². The van der Waals surface area contributed by atoms with Gasteiger partial charge in [-0.2, -0.15) is 0 Å². The van der Waals surface area contributed by atoms with E-state index in [2.05, 4.69) is 5.32 Å². The fraction of sp³-hybridized carbons (Fsp3) is 0.556. The van der Waals surface area contributed by atoms with Crippen LogP contribution in [0.1, 0.15) is 32.8 Å². The lowest BCUT2D eigenvalue weighted by Gasteiger charge is -2.36. The summed E-state index contributed by atoms with van der Waals surface area (Å²) in [5.74, 6) is 0. The molecule has 7 heteroatoms. The minimum atomic E-state index is -1.23. The zero-order valence-electron chi connectivity index (χ0n) is 14.8. The van der Waals surface area contributed by atoms with Crippen molar-refractivity contribution in [1.29, 1.82) is 0 Å². The van der Waals surface area contributed by atoms with Crippen LogP contribution in [0.25, 0.3) is 0 Å². The topological polar surface area (TPSA) is 67.9 Å². The van der Waals surface area contributed by atoms with E-state index in [1.807, 2.05) is 30.3 Å². The fourth-order valence-electron chi connectivity index (χ4n) is 2.47. The van der Waals surface area contributed by atoms with E-state index in [0.717, 1.165) is 5.56 Å².